The predicted molar refractivity (Wildman–Crippen MR) is 78.2 cm³/mol. The van der Waals surface area contributed by atoms with Gasteiger partial charge in [-0.05, 0) is 39.4 Å². The number of hydrogen-bond acceptors (Lipinski definition) is 3. The molecule has 0 amide bonds. The summed E-state index contributed by atoms with van der Waals surface area (Å²) in [5.41, 5.74) is 5.47. The first-order chi connectivity index (χ1) is 8.47. The molecule has 0 fully saturated rings. The highest BCUT2D eigenvalue weighted by Gasteiger charge is 2.34. The molecule has 0 heterocycles. The molecule has 102 valence electrons. The lowest BCUT2D eigenvalue weighted by Crippen LogP contribution is -2.54. The van der Waals surface area contributed by atoms with Crippen molar-refractivity contribution in [2.45, 2.75) is 46.2 Å². The number of nitrogens with one attached hydrogen (secondary N) is 1. The van der Waals surface area contributed by atoms with Crippen LogP contribution in [0.1, 0.15) is 44.9 Å². The molecule has 0 saturated carbocycles. The molecule has 0 saturated heterocycles. The molecule has 1 atom stereocenters. The van der Waals surface area contributed by atoms with Crippen molar-refractivity contribution < 1.29 is 0 Å². The van der Waals surface area contributed by atoms with Crippen LogP contribution in [0, 0.1) is 6.92 Å². The van der Waals surface area contributed by atoms with Crippen molar-refractivity contribution in [3.63, 3.8) is 0 Å². The Balaban J connectivity index is 3.04. The lowest BCUT2D eigenvalue weighted by molar-refractivity contribution is 0.0912. The zero-order chi connectivity index (χ0) is 13.8. The second kappa shape index (κ2) is 6.32. The van der Waals surface area contributed by atoms with Crippen LogP contribution < -0.4 is 11.3 Å². The highest BCUT2D eigenvalue weighted by molar-refractivity contribution is 5.26. The number of hydrazine groups is 1. The minimum Gasteiger partial charge on any atom is -0.297 e. The second-order valence-corrected chi connectivity index (χ2v) is 5.34. The quantitative estimate of drug-likeness (QED) is 0.601. The predicted octanol–water partition coefficient (Wildman–Crippen LogP) is 2.62. The van der Waals surface area contributed by atoms with Crippen LogP contribution in [0.25, 0.3) is 0 Å². The molecule has 0 bridgehead atoms. The summed E-state index contributed by atoms with van der Waals surface area (Å²) in [5.74, 6) is 5.80. The number of hydrogen-bond donors (Lipinski definition) is 2. The highest BCUT2D eigenvalue weighted by Crippen LogP contribution is 2.30. The van der Waals surface area contributed by atoms with Gasteiger partial charge in [-0.15, -0.1) is 0 Å². The van der Waals surface area contributed by atoms with Crippen LogP contribution in [0.2, 0.25) is 0 Å². The third-order valence-electron chi connectivity index (χ3n) is 3.86. The van der Waals surface area contributed by atoms with Gasteiger partial charge in [-0.2, -0.15) is 0 Å². The second-order valence-electron chi connectivity index (χ2n) is 5.34. The number of rotatable bonds is 6. The van der Waals surface area contributed by atoms with Crippen LogP contribution in [0.5, 0.6) is 0 Å². The van der Waals surface area contributed by atoms with Gasteiger partial charge >= 0.3 is 0 Å². The Hall–Kier alpha value is -0.900. The average Bonchev–Trinajstić information content (AvgIpc) is 2.33. The molecule has 0 aromatic heterocycles. The van der Waals surface area contributed by atoms with E-state index < -0.39 is 0 Å². The van der Waals surface area contributed by atoms with Crippen molar-refractivity contribution in [2.24, 2.45) is 5.84 Å². The van der Waals surface area contributed by atoms with E-state index in [1.165, 1.54) is 11.1 Å². The first kappa shape index (κ1) is 15.2. The number of nitrogens with zero attached hydrogens (tertiary/aromatic N) is 1. The third kappa shape index (κ3) is 3.10. The molecule has 0 aliphatic heterocycles. The summed E-state index contributed by atoms with van der Waals surface area (Å²) in [6, 6.07) is 8.71. The fourth-order valence-electron chi connectivity index (χ4n) is 2.69. The van der Waals surface area contributed by atoms with E-state index in [1.807, 2.05) is 0 Å². The first-order valence-corrected chi connectivity index (χ1v) is 6.75. The molecule has 3 heteroatoms. The monoisotopic (exact) mass is 249 g/mol. The lowest BCUT2D eigenvalue weighted by atomic mass is 9.87. The first-order valence-electron chi connectivity index (χ1n) is 6.75. The van der Waals surface area contributed by atoms with Gasteiger partial charge in [0.1, 0.15) is 0 Å². The Morgan fingerprint density at radius 3 is 2.06 bits per heavy atom. The molecule has 0 aliphatic carbocycles. The van der Waals surface area contributed by atoms with Gasteiger partial charge < -0.3 is 0 Å². The lowest BCUT2D eigenvalue weighted by Gasteiger charge is -2.43. The van der Waals surface area contributed by atoms with Gasteiger partial charge in [-0.3, -0.25) is 16.2 Å². The molecule has 1 aromatic rings. The maximum absolute atomic E-state index is 5.80. The number of likely N-dealkylation sites (N-methyl/N-ethyl adjacent to an activating group) is 1. The Bertz CT molecular complexity index is 353. The molecule has 3 nitrogen and oxygen atoms in total. The van der Waals surface area contributed by atoms with Gasteiger partial charge in [0.05, 0.1) is 6.04 Å². The van der Waals surface area contributed by atoms with E-state index in [9.17, 15) is 0 Å². The zero-order valence-electron chi connectivity index (χ0n) is 12.3. The Labute approximate surface area is 111 Å². The Morgan fingerprint density at radius 2 is 1.67 bits per heavy atom. The average molecular weight is 249 g/mol. The van der Waals surface area contributed by atoms with Gasteiger partial charge in [0, 0.05) is 5.54 Å². The number of aryl methyl sites for hydroxylation is 1. The van der Waals surface area contributed by atoms with E-state index in [-0.39, 0.29) is 11.6 Å². The molecular weight excluding hydrogens is 222 g/mol. The molecule has 18 heavy (non-hydrogen) atoms. The SMILES string of the molecule is CCN(CC)C(C)(C)C(NN)c1ccc(C)cc1. The minimum absolute atomic E-state index is 0.0203. The van der Waals surface area contributed by atoms with Crippen molar-refractivity contribution in [1.29, 1.82) is 0 Å². The van der Waals surface area contributed by atoms with E-state index >= 15 is 0 Å². The maximum Gasteiger partial charge on any atom is 0.0638 e. The fraction of sp³-hybridized carbons (Fsp3) is 0.600. The summed E-state index contributed by atoms with van der Waals surface area (Å²) < 4.78 is 0. The van der Waals surface area contributed by atoms with Crippen molar-refractivity contribution in [1.82, 2.24) is 10.3 Å². The maximum atomic E-state index is 5.80. The number of benzene rings is 1. The molecular formula is C15H27N3. The van der Waals surface area contributed by atoms with Crippen LogP contribution in [-0.4, -0.2) is 23.5 Å². The Morgan fingerprint density at radius 1 is 1.17 bits per heavy atom. The molecule has 0 aliphatic rings. The van der Waals surface area contributed by atoms with E-state index in [4.69, 9.17) is 5.84 Å². The smallest absolute Gasteiger partial charge is 0.0638 e. The summed E-state index contributed by atoms with van der Waals surface area (Å²) in [5, 5.41) is 0. The molecule has 0 radical (unpaired) electrons. The molecule has 0 spiro atoms. The van der Waals surface area contributed by atoms with E-state index in [2.05, 4.69) is 69.2 Å². The Kier molecular flexibility index (Phi) is 5.32. The minimum atomic E-state index is -0.0203. The van der Waals surface area contributed by atoms with Crippen LogP contribution >= 0.6 is 0 Å². The van der Waals surface area contributed by atoms with Gasteiger partial charge in [0.25, 0.3) is 0 Å². The van der Waals surface area contributed by atoms with Crippen molar-refractivity contribution in [2.75, 3.05) is 13.1 Å². The largest absolute Gasteiger partial charge is 0.297 e. The summed E-state index contributed by atoms with van der Waals surface area (Å²) in [6.45, 7) is 13.0. The molecule has 1 aromatic carbocycles. The highest BCUT2D eigenvalue weighted by atomic mass is 15.3. The number of nitrogens with two attached hydrogens (primary N) is 1. The van der Waals surface area contributed by atoms with Crippen LogP contribution in [0.3, 0.4) is 0 Å². The van der Waals surface area contributed by atoms with Crippen LogP contribution in [0.15, 0.2) is 24.3 Å². The topological polar surface area (TPSA) is 41.3 Å². The fourth-order valence-corrected chi connectivity index (χ4v) is 2.69. The van der Waals surface area contributed by atoms with Crippen molar-refractivity contribution in [3.05, 3.63) is 35.4 Å². The van der Waals surface area contributed by atoms with Gasteiger partial charge in [0.2, 0.25) is 0 Å². The van der Waals surface area contributed by atoms with E-state index in [0.717, 1.165) is 13.1 Å². The van der Waals surface area contributed by atoms with Crippen LogP contribution in [-0.2, 0) is 0 Å². The van der Waals surface area contributed by atoms with Gasteiger partial charge in [-0.25, -0.2) is 0 Å². The molecule has 1 rings (SSSR count). The zero-order valence-corrected chi connectivity index (χ0v) is 12.3. The van der Waals surface area contributed by atoms with E-state index in [1.54, 1.807) is 0 Å². The van der Waals surface area contributed by atoms with E-state index in [0.29, 0.717) is 0 Å². The molecule has 3 N–H and O–H groups in total. The van der Waals surface area contributed by atoms with Crippen molar-refractivity contribution >= 4 is 0 Å². The van der Waals surface area contributed by atoms with Gasteiger partial charge in [0.15, 0.2) is 0 Å². The summed E-state index contributed by atoms with van der Waals surface area (Å²) in [7, 11) is 0. The normalized spacial score (nSPS) is 13.9. The van der Waals surface area contributed by atoms with Crippen molar-refractivity contribution in [3.8, 4) is 0 Å². The summed E-state index contributed by atoms with van der Waals surface area (Å²) in [6.07, 6.45) is 0. The third-order valence-corrected chi connectivity index (χ3v) is 3.86. The summed E-state index contributed by atoms with van der Waals surface area (Å²) in [4.78, 5) is 2.43. The van der Waals surface area contributed by atoms with Crippen LogP contribution in [0.4, 0.5) is 0 Å². The standard InChI is InChI=1S/C15H27N3/c1-6-18(7-2)15(4,5)14(17-16)13-10-8-12(3)9-11-13/h8-11,14,17H,6-7,16H2,1-5H3. The molecule has 1 unspecified atom stereocenters. The summed E-state index contributed by atoms with van der Waals surface area (Å²) >= 11 is 0. The van der Waals surface area contributed by atoms with Gasteiger partial charge in [-0.1, -0.05) is 43.7 Å².